The summed E-state index contributed by atoms with van der Waals surface area (Å²) < 4.78 is 1.85. The number of hydrogen-bond donors (Lipinski definition) is 1. The zero-order chi connectivity index (χ0) is 17.5. The van der Waals surface area contributed by atoms with Gasteiger partial charge in [-0.25, -0.2) is 9.97 Å². The van der Waals surface area contributed by atoms with E-state index >= 15 is 0 Å². The van der Waals surface area contributed by atoms with Crippen LogP contribution >= 0.6 is 22.9 Å². The van der Waals surface area contributed by atoms with E-state index in [9.17, 15) is 0 Å². The normalized spacial score (nSPS) is 14.0. The molecule has 0 unspecified atom stereocenters. The van der Waals surface area contributed by atoms with E-state index in [1.807, 2.05) is 22.3 Å². The van der Waals surface area contributed by atoms with E-state index in [1.54, 1.807) is 11.3 Å². The van der Waals surface area contributed by atoms with Gasteiger partial charge < -0.3 is 5.32 Å². The molecule has 0 saturated heterocycles. The van der Waals surface area contributed by atoms with Gasteiger partial charge in [-0.05, 0) is 24.3 Å². The Morgan fingerprint density at radius 1 is 1.23 bits per heavy atom. The van der Waals surface area contributed by atoms with Crippen LogP contribution < -0.4 is 5.32 Å². The number of rotatable bonds is 5. The molecule has 1 aliphatic rings. The number of fused-ring (bicyclic) bond motifs is 1. The third-order valence-corrected chi connectivity index (χ3v) is 5.42. The Labute approximate surface area is 159 Å². The summed E-state index contributed by atoms with van der Waals surface area (Å²) in [4.78, 5) is 8.82. The molecule has 0 amide bonds. The highest BCUT2D eigenvalue weighted by Gasteiger charge is 2.28. The van der Waals surface area contributed by atoms with Crippen LogP contribution in [0.15, 0.2) is 47.4 Å². The van der Waals surface area contributed by atoms with Crippen molar-refractivity contribution >= 4 is 34.4 Å². The fourth-order valence-corrected chi connectivity index (χ4v) is 3.84. The summed E-state index contributed by atoms with van der Waals surface area (Å²) in [5.41, 5.74) is 7.24. The second-order valence-corrected chi connectivity index (χ2v) is 7.60. The average molecular weight is 382 g/mol. The summed E-state index contributed by atoms with van der Waals surface area (Å²) in [6.07, 6.45) is 4.34. The quantitative estimate of drug-likeness (QED) is 0.494. The Bertz CT molecular complexity index is 1050. The van der Waals surface area contributed by atoms with Crippen molar-refractivity contribution in [1.82, 2.24) is 19.6 Å². The average Bonchev–Trinajstić information content (AvgIpc) is 3.18. The summed E-state index contributed by atoms with van der Waals surface area (Å²) in [7, 11) is 0. The van der Waals surface area contributed by atoms with Gasteiger partial charge in [0, 0.05) is 29.1 Å². The maximum Gasteiger partial charge on any atom is 0.162 e. The summed E-state index contributed by atoms with van der Waals surface area (Å²) in [6.45, 7) is 0.686. The van der Waals surface area contributed by atoms with E-state index in [0.717, 1.165) is 22.7 Å². The largest absolute Gasteiger partial charge is 0.366 e. The number of aromatic nitrogens is 4. The first kappa shape index (κ1) is 15.8. The monoisotopic (exact) mass is 381 g/mol. The Morgan fingerprint density at radius 3 is 2.81 bits per heavy atom. The first-order valence-electron chi connectivity index (χ1n) is 8.53. The molecule has 0 spiro atoms. The number of nitrogens with one attached hydrogen (secondary N) is 1. The second-order valence-electron chi connectivity index (χ2n) is 6.50. The summed E-state index contributed by atoms with van der Waals surface area (Å²) in [6, 6.07) is 10.2. The number of halogens is 1. The van der Waals surface area contributed by atoms with E-state index in [2.05, 4.69) is 50.0 Å². The molecule has 1 aliphatic carbocycles. The van der Waals surface area contributed by atoms with Crippen molar-refractivity contribution < 1.29 is 0 Å². The standard InChI is InChI=1S/C19H16ClN5S/c20-17-7-18(25-19(24-17)15(9-23-25)13-5-6-13)21-8-12-1-3-14(4-2-12)16-10-26-11-22-16/h1-4,7,9-11,13,21H,5-6,8H2. The topological polar surface area (TPSA) is 55.1 Å². The molecule has 5 nitrogen and oxygen atoms in total. The fraction of sp³-hybridized carbons (Fsp3) is 0.211. The number of benzene rings is 1. The Kier molecular flexibility index (Phi) is 3.87. The van der Waals surface area contributed by atoms with Crippen molar-refractivity contribution in [3.8, 4) is 11.3 Å². The van der Waals surface area contributed by atoms with Crippen LogP contribution in [0, 0.1) is 0 Å². The van der Waals surface area contributed by atoms with Crippen LogP contribution in [-0.2, 0) is 6.54 Å². The maximum absolute atomic E-state index is 6.24. The molecular formula is C19H16ClN5S. The van der Waals surface area contributed by atoms with Crippen LogP contribution in [0.2, 0.25) is 5.15 Å². The highest BCUT2D eigenvalue weighted by atomic mass is 35.5. The minimum absolute atomic E-state index is 0.487. The lowest BCUT2D eigenvalue weighted by Crippen LogP contribution is -2.06. The van der Waals surface area contributed by atoms with E-state index < -0.39 is 0 Å². The second kappa shape index (κ2) is 6.37. The van der Waals surface area contributed by atoms with E-state index in [4.69, 9.17) is 11.6 Å². The van der Waals surface area contributed by atoms with Gasteiger partial charge in [-0.15, -0.1) is 11.3 Å². The molecule has 5 rings (SSSR count). The van der Waals surface area contributed by atoms with E-state index in [1.165, 1.54) is 24.0 Å². The third kappa shape index (κ3) is 2.95. The van der Waals surface area contributed by atoms with Gasteiger partial charge in [0.25, 0.3) is 0 Å². The van der Waals surface area contributed by atoms with Crippen LogP contribution in [0.3, 0.4) is 0 Å². The Balaban J connectivity index is 1.38. The van der Waals surface area contributed by atoms with Crippen molar-refractivity contribution in [2.75, 3.05) is 5.32 Å². The zero-order valence-corrected chi connectivity index (χ0v) is 15.5. The molecule has 7 heteroatoms. The van der Waals surface area contributed by atoms with Crippen molar-refractivity contribution in [2.45, 2.75) is 25.3 Å². The SMILES string of the molecule is Clc1cc(NCc2ccc(-c3cscn3)cc2)n2ncc(C3CC3)c2n1. The molecule has 1 saturated carbocycles. The highest BCUT2D eigenvalue weighted by Crippen LogP contribution is 2.42. The molecule has 0 radical (unpaired) electrons. The van der Waals surface area contributed by atoms with Gasteiger partial charge >= 0.3 is 0 Å². The molecule has 0 atom stereocenters. The summed E-state index contributed by atoms with van der Waals surface area (Å²) >= 11 is 7.84. The van der Waals surface area contributed by atoms with Gasteiger partial charge in [0.05, 0.1) is 17.4 Å². The molecular weight excluding hydrogens is 366 g/mol. The molecule has 3 heterocycles. The number of anilines is 1. The summed E-state index contributed by atoms with van der Waals surface area (Å²) in [5.74, 6) is 1.44. The lowest BCUT2D eigenvalue weighted by Gasteiger charge is -2.10. The van der Waals surface area contributed by atoms with Gasteiger partial charge in [0.15, 0.2) is 5.65 Å². The van der Waals surface area contributed by atoms with Gasteiger partial charge in [-0.2, -0.15) is 9.61 Å². The molecule has 4 aromatic rings. The van der Waals surface area contributed by atoms with Gasteiger partial charge in [0.1, 0.15) is 11.0 Å². The minimum atomic E-state index is 0.487. The number of thiazole rings is 1. The van der Waals surface area contributed by atoms with Crippen LogP contribution in [0.4, 0.5) is 5.82 Å². The lowest BCUT2D eigenvalue weighted by atomic mass is 10.1. The first-order valence-corrected chi connectivity index (χ1v) is 9.85. The molecule has 3 aromatic heterocycles. The molecule has 0 aliphatic heterocycles. The molecule has 1 N–H and O–H groups in total. The predicted molar refractivity (Wildman–Crippen MR) is 105 cm³/mol. The Hall–Kier alpha value is -2.44. The van der Waals surface area contributed by atoms with Crippen LogP contribution in [0.1, 0.15) is 29.9 Å². The van der Waals surface area contributed by atoms with Crippen molar-refractivity contribution in [2.24, 2.45) is 0 Å². The molecule has 0 bridgehead atoms. The predicted octanol–water partition coefficient (Wildman–Crippen LogP) is 5.00. The molecule has 130 valence electrons. The lowest BCUT2D eigenvalue weighted by molar-refractivity contribution is 0.925. The minimum Gasteiger partial charge on any atom is -0.366 e. The molecule has 26 heavy (non-hydrogen) atoms. The third-order valence-electron chi connectivity index (χ3n) is 4.64. The summed E-state index contributed by atoms with van der Waals surface area (Å²) in [5, 5.41) is 10.5. The van der Waals surface area contributed by atoms with Gasteiger partial charge in [-0.1, -0.05) is 35.9 Å². The fourth-order valence-electron chi connectivity index (χ4n) is 3.10. The maximum atomic E-state index is 6.24. The highest BCUT2D eigenvalue weighted by molar-refractivity contribution is 7.07. The Morgan fingerprint density at radius 2 is 2.08 bits per heavy atom. The molecule has 1 aromatic carbocycles. The van der Waals surface area contributed by atoms with Crippen LogP contribution in [-0.4, -0.2) is 19.6 Å². The number of nitrogens with zero attached hydrogens (tertiary/aromatic N) is 4. The van der Waals surface area contributed by atoms with Crippen molar-refractivity contribution in [3.05, 3.63) is 63.7 Å². The van der Waals surface area contributed by atoms with Crippen LogP contribution in [0.5, 0.6) is 0 Å². The molecule has 1 fully saturated rings. The first-order chi connectivity index (χ1) is 12.8. The van der Waals surface area contributed by atoms with Crippen molar-refractivity contribution in [3.63, 3.8) is 0 Å². The number of hydrogen-bond acceptors (Lipinski definition) is 5. The van der Waals surface area contributed by atoms with E-state index in [0.29, 0.717) is 17.6 Å². The van der Waals surface area contributed by atoms with Gasteiger partial charge in [0.2, 0.25) is 0 Å². The van der Waals surface area contributed by atoms with Crippen LogP contribution in [0.25, 0.3) is 16.9 Å². The van der Waals surface area contributed by atoms with Gasteiger partial charge in [-0.3, -0.25) is 0 Å². The van der Waals surface area contributed by atoms with Crippen molar-refractivity contribution in [1.29, 1.82) is 0 Å². The smallest absolute Gasteiger partial charge is 0.162 e. The zero-order valence-electron chi connectivity index (χ0n) is 13.9. The van der Waals surface area contributed by atoms with E-state index in [-0.39, 0.29) is 0 Å².